The van der Waals surface area contributed by atoms with E-state index in [0.29, 0.717) is 13.2 Å². The molecule has 2 rings (SSSR count). The largest absolute Gasteiger partial charge is 0.382 e. The number of hydrogen-bond acceptors (Lipinski definition) is 4. The van der Waals surface area contributed by atoms with Gasteiger partial charge in [-0.3, -0.25) is 0 Å². The fraction of sp³-hybridized carbons (Fsp3) is 1.00. The maximum Gasteiger partial charge on any atom is 0.0837 e. The third-order valence-electron chi connectivity index (χ3n) is 3.33. The van der Waals surface area contributed by atoms with E-state index in [0.717, 1.165) is 39.0 Å². The lowest BCUT2D eigenvalue weighted by atomic mass is 9.89. The number of rotatable bonds is 4. The van der Waals surface area contributed by atoms with Crippen molar-refractivity contribution in [1.29, 1.82) is 0 Å². The minimum atomic E-state index is 0.114. The van der Waals surface area contributed by atoms with Crippen LogP contribution >= 0.6 is 0 Å². The Morgan fingerprint density at radius 3 is 2.87 bits per heavy atom. The van der Waals surface area contributed by atoms with E-state index in [-0.39, 0.29) is 11.7 Å². The van der Waals surface area contributed by atoms with Crippen molar-refractivity contribution in [2.45, 2.75) is 31.0 Å². The zero-order valence-corrected chi connectivity index (χ0v) is 9.46. The van der Waals surface area contributed by atoms with E-state index >= 15 is 0 Å². The molecule has 0 aliphatic carbocycles. The lowest BCUT2D eigenvalue weighted by Gasteiger charge is -2.32. The number of nitrogens with one attached hydrogen (secondary N) is 1. The summed E-state index contributed by atoms with van der Waals surface area (Å²) in [7, 11) is 1.70. The molecule has 0 aromatic heterocycles. The molecule has 1 atom stereocenters. The van der Waals surface area contributed by atoms with Crippen molar-refractivity contribution in [2.75, 3.05) is 40.0 Å². The van der Waals surface area contributed by atoms with Gasteiger partial charge in [-0.25, -0.2) is 0 Å². The molecule has 0 aromatic carbocycles. The number of ether oxygens (including phenoxy) is 3. The van der Waals surface area contributed by atoms with Gasteiger partial charge in [-0.1, -0.05) is 0 Å². The first-order chi connectivity index (χ1) is 7.35. The summed E-state index contributed by atoms with van der Waals surface area (Å²) in [5.41, 5.74) is 0.114. The van der Waals surface area contributed by atoms with Crippen LogP contribution in [0.15, 0.2) is 0 Å². The van der Waals surface area contributed by atoms with Gasteiger partial charge in [0, 0.05) is 13.5 Å². The SMILES string of the molecule is COCCOC1COC2(CCNCC2)C1. The fourth-order valence-corrected chi connectivity index (χ4v) is 2.44. The summed E-state index contributed by atoms with van der Waals surface area (Å²) in [5, 5.41) is 3.36. The standard InChI is InChI=1S/C11H21NO3/c1-13-6-7-14-10-8-11(15-9-10)2-4-12-5-3-11/h10,12H,2-9H2,1H3. The van der Waals surface area contributed by atoms with Gasteiger partial charge in [-0.15, -0.1) is 0 Å². The Morgan fingerprint density at radius 2 is 2.13 bits per heavy atom. The van der Waals surface area contributed by atoms with E-state index in [1.165, 1.54) is 0 Å². The molecule has 0 radical (unpaired) electrons. The van der Waals surface area contributed by atoms with Crippen LogP contribution < -0.4 is 5.32 Å². The summed E-state index contributed by atoms with van der Waals surface area (Å²) in [6, 6.07) is 0. The molecule has 0 saturated carbocycles. The van der Waals surface area contributed by atoms with Crippen LogP contribution in [0.1, 0.15) is 19.3 Å². The summed E-state index contributed by atoms with van der Waals surface area (Å²) in [5.74, 6) is 0. The van der Waals surface area contributed by atoms with E-state index in [1.54, 1.807) is 7.11 Å². The van der Waals surface area contributed by atoms with Gasteiger partial charge in [0.2, 0.25) is 0 Å². The van der Waals surface area contributed by atoms with E-state index in [1.807, 2.05) is 0 Å². The molecule has 4 heteroatoms. The maximum absolute atomic E-state index is 5.92. The Labute approximate surface area is 91.3 Å². The van der Waals surface area contributed by atoms with Crippen LogP contribution in [0.25, 0.3) is 0 Å². The quantitative estimate of drug-likeness (QED) is 0.696. The van der Waals surface area contributed by atoms with Gasteiger partial charge < -0.3 is 19.5 Å². The summed E-state index contributed by atoms with van der Waals surface area (Å²) in [4.78, 5) is 0. The topological polar surface area (TPSA) is 39.7 Å². The van der Waals surface area contributed by atoms with E-state index in [4.69, 9.17) is 14.2 Å². The summed E-state index contributed by atoms with van der Waals surface area (Å²) in [6.45, 7) is 4.25. The van der Waals surface area contributed by atoms with Crippen molar-refractivity contribution in [1.82, 2.24) is 5.32 Å². The van der Waals surface area contributed by atoms with Crippen molar-refractivity contribution in [3.05, 3.63) is 0 Å². The zero-order chi connectivity index (χ0) is 10.6. The Morgan fingerprint density at radius 1 is 1.33 bits per heavy atom. The summed E-state index contributed by atoms with van der Waals surface area (Å²) < 4.78 is 16.6. The highest BCUT2D eigenvalue weighted by atomic mass is 16.6. The molecule has 1 N–H and O–H groups in total. The van der Waals surface area contributed by atoms with E-state index in [9.17, 15) is 0 Å². The molecule has 15 heavy (non-hydrogen) atoms. The van der Waals surface area contributed by atoms with Crippen LogP contribution in [-0.4, -0.2) is 51.7 Å². The third kappa shape index (κ3) is 2.91. The second-order valence-corrected chi connectivity index (χ2v) is 4.43. The van der Waals surface area contributed by atoms with E-state index < -0.39 is 0 Å². The fourth-order valence-electron chi connectivity index (χ4n) is 2.44. The van der Waals surface area contributed by atoms with Gasteiger partial charge in [0.25, 0.3) is 0 Å². The van der Waals surface area contributed by atoms with Crippen molar-refractivity contribution >= 4 is 0 Å². The van der Waals surface area contributed by atoms with Crippen LogP contribution in [0.2, 0.25) is 0 Å². The lowest BCUT2D eigenvalue weighted by Crippen LogP contribution is -2.41. The highest BCUT2D eigenvalue weighted by Crippen LogP contribution is 2.34. The molecule has 2 aliphatic heterocycles. The van der Waals surface area contributed by atoms with Crippen LogP contribution in [0.4, 0.5) is 0 Å². The molecule has 0 bridgehead atoms. The third-order valence-corrected chi connectivity index (χ3v) is 3.33. The second-order valence-electron chi connectivity index (χ2n) is 4.43. The molecule has 2 aliphatic rings. The minimum Gasteiger partial charge on any atom is -0.382 e. The number of methoxy groups -OCH3 is 1. The number of hydrogen-bond donors (Lipinski definition) is 1. The van der Waals surface area contributed by atoms with Crippen LogP contribution in [0.3, 0.4) is 0 Å². The van der Waals surface area contributed by atoms with Crippen LogP contribution in [0, 0.1) is 0 Å². The average Bonchev–Trinajstić information content (AvgIpc) is 2.63. The van der Waals surface area contributed by atoms with Gasteiger partial charge in [-0.2, -0.15) is 0 Å². The molecule has 1 spiro atoms. The molecule has 88 valence electrons. The summed E-state index contributed by atoms with van der Waals surface area (Å²) >= 11 is 0. The first-order valence-corrected chi connectivity index (χ1v) is 5.80. The maximum atomic E-state index is 5.92. The van der Waals surface area contributed by atoms with Crippen LogP contribution in [-0.2, 0) is 14.2 Å². The Hall–Kier alpha value is -0.160. The minimum absolute atomic E-state index is 0.114. The second kappa shape index (κ2) is 5.25. The van der Waals surface area contributed by atoms with E-state index in [2.05, 4.69) is 5.32 Å². The first-order valence-electron chi connectivity index (χ1n) is 5.80. The molecule has 2 heterocycles. The zero-order valence-electron chi connectivity index (χ0n) is 9.46. The molecule has 1 unspecified atom stereocenters. The molecule has 2 fully saturated rings. The molecule has 4 nitrogen and oxygen atoms in total. The average molecular weight is 215 g/mol. The Balaban J connectivity index is 1.73. The molecule has 2 saturated heterocycles. The van der Waals surface area contributed by atoms with Gasteiger partial charge in [-0.05, 0) is 25.9 Å². The van der Waals surface area contributed by atoms with Crippen LogP contribution in [0.5, 0.6) is 0 Å². The predicted molar refractivity (Wildman–Crippen MR) is 57.0 cm³/mol. The van der Waals surface area contributed by atoms with Crippen molar-refractivity contribution < 1.29 is 14.2 Å². The first kappa shape index (κ1) is 11.3. The van der Waals surface area contributed by atoms with Crippen molar-refractivity contribution in [3.8, 4) is 0 Å². The van der Waals surface area contributed by atoms with Gasteiger partial charge >= 0.3 is 0 Å². The monoisotopic (exact) mass is 215 g/mol. The van der Waals surface area contributed by atoms with Gasteiger partial charge in [0.1, 0.15) is 0 Å². The normalized spacial score (nSPS) is 29.8. The Bertz CT molecular complexity index is 190. The molecule has 0 amide bonds. The molecule has 0 aromatic rings. The van der Waals surface area contributed by atoms with Crippen molar-refractivity contribution in [2.24, 2.45) is 0 Å². The summed E-state index contributed by atoms with van der Waals surface area (Å²) in [6.07, 6.45) is 3.57. The Kier molecular flexibility index (Phi) is 3.97. The van der Waals surface area contributed by atoms with Crippen molar-refractivity contribution in [3.63, 3.8) is 0 Å². The highest BCUT2D eigenvalue weighted by Gasteiger charge is 2.41. The van der Waals surface area contributed by atoms with Gasteiger partial charge in [0.05, 0.1) is 31.5 Å². The molecular formula is C11H21NO3. The smallest absolute Gasteiger partial charge is 0.0837 e. The van der Waals surface area contributed by atoms with Gasteiger partial charge in [0.15, 0.2) is 0 Å². The number of piperidine rings is 1. The highest BCUT2D eigenvalue weighted by molar-refractivity contribution is 4.93. The molecular weight excluding hydrogens is 194 g/mol. The predicted octanol–water partition coefficient (Wildman–Crippen LogP) is 0.560. The lowest BCUT2D eigenvalue weighted by molar-refractivity contribution is -0.0252.